The lowest BCUT2D eigenvalue weighted by atomic mass is 9.91. The summed E-state index contributed by atoms with van der Waals surface area (Å²) in [5.74, 6) is 1.23. The predicted molar refractivity (Wildman–Crippen MR) is 85.0 cm³/mol. The molecule has 3 atom stereocenters. The average molecular weight is 325 g/mol. The van der Waals surface area contributed by atoms with Crippen LogP contribution in [0.3, 0.4) is 0 Å². The van der Waals surface area contributed by atoms with Crippen LogP contribution in [0, 0.1) is 12.8 Å². The summed E-state index contributed by atoms with van der Waals surface area (Å²) in [4.78, 5) is 23.0. The van der Waals surface area contributed by atoms with E-state index < -0.39 is 0 Å². The van der Waals surface area contributed by atoms with Crippen molar-refractivity contribution < 1.29 is 9.53 Å². The fourth-order valence-corrected chi connectivity index (χ4v) is 3.56. The number of ether oxygens (including phenoxy) is 1. The molecule has 2 aliphatic rings. The summed E-state index contributed by atoms with van der Waals surface area (Å²) in [5, 5.41) is 7.50. The van der Waals surface area contributed by atoms with Crippen LogP contribution in [-0.4, -0.2) is 50.2 Å². The second kappa shape index (κ2) is 6.24. The molecule has 2 aliphatic heterocycles. The van der Waals surface area contributed by atoms with Crippen molar-refractivity contribution in [1.82, 2.24) is 25.1 Å². The zero-order valence-electron chi connectivity index (χ0n) is 13.5. The molecule has 2 saturated heterocycles. The standard InChI is InChI=1S/C17H19N5O2/c1-11-18-5-3-14(21-11)15-8-12-4-7-22(10-16(12)24-15)17(23)13-2-6-19-20-9-13/h2-3,5-6,9,12,15-16H,4,7-8,10H2,1H3/t12-,15-,16+/m0/s1. The highest BCUT2D eigenvalue weighted by molar-refractivity contribution is 5.93. The van der Waals surface area contributed by atoms with Crippen LogP contribution >= 0.6 is 0 Å². The highest BCUT2D eigenvalue weighted by atomic mass is 16.5. The predicted octanol–water partition coefficient (Wildman–Crippen LogP) is 1.57. The molecule has 1 amide bonds. The van der Waals surface area contributed by atoms with Crippen molar-refractivity contribution in [2.75, 3.05) is 13.1 Å². The van der Waals surface area contributed by atoms with Gasteiger partial charge in [0.1, 0.15) is 11.9 Å². The van der Waals surface area contributed by atoms with Gasteiger partial charge in [-0.2, -0.15) is 10.2 Å². The Bertz CT molecular complexity index is 739. The monoisotopic (exact) mass is 325 g/mol. The zero-order chi connectivity index (χ0) is 16.5. The summed E-state index contributed by atoms with van der Waals surface area (Å²) in [6.45, 7) is 3.25. The molecule has 4 heterocycles. The van der Waals surface area contributed by atoms with E-state index in [9.17, 15) is 4.79 Å². The molecule has 0 unspecified atom stereocenters. The fraction of sp³-hybridized carbons (Fsp3) is 0.471. The van der Waals surface area contributed by atoms with Gasteiger partial charge in [-0.05, 0) is 37.8 Å². The number of nitrogens with zero attached hydrogens (tertiary/aromatic N) is 5. The summed E-state index contributed by atoms with van der Waals surface area (Å²) in [6.07, 6.45) is 6.80. The maximum atomic E-state index is 12.6. The Morgan fingerprint density at radius 3 is 3.00 bits per heavy atom. The van der Waals surface area contributed by atoms with Crippen LogP contribution in [0.5, 0.6) is 0 Å². The van der Waals surface area contributed by atoms with Crippen LogP contribution in [-0.2, 0) is 4.74 Å². The number of hydrogen-bond donors (Lipinski definition) is 0. The minimum atomic E-state index is -0.00622. The van der Waals surface area contributed by atoms with Crippen molar-refractivity contribution >= 4 is 5.91 Å². The third-order valence-electron chi connectivity index (χ3n) is 4.80. The van der Waals surface area contributed by atoms with Gasteiger partial charge in [0.05, 0.1) is 29.8 Å². The molecule has 0 aliphatic carbocycles. The Balaban J connectivity index is 1.45. The number of hydrogen-bond acceptors (Lipinski definition) is 6. The van der Waals surface area contributed by atoms with Crippen LogP contribution in [0.1, 0.15) is 40.8 Å². The maximum Gasteiger partial charge on any atom is 0.255 e. The molecule has 0 bridgehead atoms. The van der Waals surface area contributed by atoms with Crippen LogP contribution in [0.2, 0.25) is 0 Å². The lowest BCUT2D eigenvalue weighted by molar-refractivity contribution is -0.00570. The quantitative estimate of drug-likeness (QED) is 0.833. The van der Waals surface area contributed by atoms with Crippen molar-refractivity contribution in [2.24, 2.45) is 5.92 Å². The maximum absolute atomic E-state index is 12.6. The van der Waals surface area contributed by atoms with Crippen molar-refractivity contribution in [3.05, 3.63) is 47.8 Å². The number of fused-ring (bicyclic) bond motifs is 1. The van der Waals surface area contributed by atoms with Crippen molar-refractivity contribution in [1.29, 1.82) is 0 Å². The van der Waals surface area contributed by atoms with E-state index in [4.69, 9.17) is 4.74 Å². The fourth-order valence-electron chi connectivity index (χ4n) is 3.56. The summed E-state index contributed by atoms with van der Waals surface area (Å²) in [5.41, 5.74) is 1.51. The number of amides is 1. The molecule has 0 aromatic carbocycles. The first kappa shape index (κ1) is 15.1. The van der Waals surface area contributed by atoms with E-state index in [0.29, 0.717) is 18.0 Å². The van der Waals surface area contributed by atoms with E-state index in [2.05, 4.69) is 20.2 Å². The topological polar surface area (TPSA) is 81.1 Å². The molecule has 124 valence electrons. The van der Waals surface area contributed by atoms with Gasteiger partial charge in [0, 0.05) is 19.3 Å². The number of aryl methyl sites for hydroxylation is 1. The number of rotatable bonds is 2. The van der Waals surface area contributed by atoms with Gasteiger partial charge in [0.15, 0.2) is 0 Å². The first-order valence-corrected chi connectivity index (χ1v) is 8.21. The summed E-state index contributed by atoms with van der Waals surface area (Å²) >= 11 is 0. The number of carbonyl (C=O) groups is 1. The molecule has 2 aromatic rings. The average Bonchev–Trinajstić information content (AvgIpc) is 3.05. The van der Waals surface area contributed by atoms with E-state index in [-0.39, 0.29) is 18.1 Å². The number of aromatic nitrogens is 4. The van der Waals surface area contributed by atoms with Crippen molar-refractivity contribution in [2.45, 2.75) is 32.0 Å². The van der Waals surface area contributed by atoms with Gasteiger partial charge < -0.3 is 9.64 Å². The van der Waals surface area contributed by atoms with Gasteiger partial charge in [-0.1, -0.05) is 0 Å². The van der Waals surface area contributed by atoms with E-state index >= 15 is 0 Å². The number of likely N-dealkylation sites (tertiary alicyclic amines) is 1. The smallest absolute Gasteiger partial charge is 0.255 e. The second-order valence-electron chi connectivity index (χ2n) is 6.36. The SMILES string of the molecule is Cc1nccc([C@@H]2C[C@@H]3CCN(C(=O)c4ccnnc4)C[C@H]3O2)n1. The van der Waals surface area contributed by atoms with Crippen LogP contribution in [0.15, 0.2) is 30.7 Å². The molecule has 7 heteroatoms. The molecule has 0 radical (unpaired) electrons. The zero-order valence-corrected chi connectivity index (χ0v) is 13.5. The lowest BCUT2D eigenvalue weighted by Gasteiger charge is -2.34. The lowest BCUT2D eigenvalue weighted by Crippen LogP contribution is -2.45. The number of carbonyl (C=O) groups excluding carboxylic acids is 1. The Labute approximate surface area is 140 Å². The molecule has 0 N–H and O–H groups in total. The first-order valence-electron chi connectivity index (χ1n) is 8.21. The second-order valence-corrected chi connectivity index (χ2v) is 6.36. The van der Waals surface area contributed by atoms with E-state index in [0.717, 1.165) is 30.9 Å². The highest BCUT2D eigenvalue weighted by Gasteiger charge is 2.41. The highest BCUT2D eigenvalue weighted by Crippen LogP contribution is 2.40. The number of piperidine rings is 1. The third kappa shape index (κ3) is 2.87. The van der Waals surface area contributed by atoms with Crippen LogP contribution in [0.4, 0.5) is 0 Å². The first-order chi connectivity index (χ1) is 11.7. The molecule has 0 spiro atoms. The largest absolute Gasteiger partial charge is 0.367 e. The van der Waals surface area contributed by atoms with Crippen molar-refractivity contribution in [3.8, 4) is 0 Å². The van der Waals surface area contributed by atoms with Crippen LogP contribution < -0.4 is 0 Å². The Morgan fingerprint density at radius 1 is 1.29 bits per heavy atom. The van der Waals surface area contributed by atoms with Crippen LogP contribution in [0.25, 0.3) is 0 Å². The summed E-state index contributed by atoms with van der Waals surface area (Å²) < 4.78 is 6.21. The third-order valence-corrected chi connectivity index (χ3v) is 4.80. The minimum Gasteiger partial charge on any atom is -0.367 e. The Kier molecular flexibility index (Phi) is 3.93. The molecule has 0 saturated carbocycles. The molecule has 4 rings (SSSR count). The normalized spacial score (nSPS) is 26.2. The summed E-state index contributed by atoms with van der Waals surface area (Å²) in [6, 6.07) is 3.62. The van der Waals surface area contributed by atoms with Gasteiger partial charge in [-0.3, -0.25) is 4.79 Å². The van der Waals surface area contributed by atoms with Gasteiger partial charge in [-0.25, -0.2) is 9.97 Å². The summed E-state index contributed by atoms with van der Waals surface area (Å²) in [7, 11) is 0. The van der Waals surface area contributed by atoms with Crippen molar-refractivity contribution in [3.63, 3.8) is 0 Å². The molecule has 2 fully saturated rings. The molecule has 24 heavy (non-hydrogen) atoms. The molecule has 2 aromatic heterocycles. The Hall–Kier alpha value is -2.41. The van der Waals surface area contributed by atoms with E-state index in [1.165, 1.54) is 6.20 Å². The van der Waals surface area contributed by atoms with Gasteiger partial charge in [0.25, 0.3) is 5.91 Å². The minimum absolute atomic E-state index is 0.000607. The van der Waals surface area contributed by atoms with Gasteiger partial charge in [0.2, 0.25) is 0 Å². The van der Waals surface area contributed by atoms with E-state index in [1.54, 1.807) is 18.5 Å². The van der Waals surface area contributed by atoms with Gasteiger partial charge >= 0.3 is 0 Å². The molecular formula is C17H19N5O2. The molecular weight excluding hydrogens is 306 g/mol. The van der Waals surface area contributed by atoms with E-state index in [1.807, 2.05) is 17.9 Å². The Morgan fingerprint density at radius 2 is 2.21 bits per heavy atom. The molecule has 7 nitrogen and oxygen atoms in total. The van der Waals surface area contributed by atoms with Gasteiger partial charge in [-0.15, -0.1) is 0 Å².